The van der Waals surface area contributed by atoms with Crippen LogP contribution in [0.25, 0.3) is 6.08 Å². The predicted molar refractivity (Wildman–Crippen MR) is 79.0 cm³/mol. The van der Waals surface area contributed by atoms with Crippen LogP contribution < -0.4 is 0 Å². The van der Waals surface area contributed by atoms with Gasteiger partial charge in [0.1, 0.15) is 6.10 Å². The smallest absolute Gasteiger partial charge is 0.334 e. The molecule has 1 fully saturated rings. The van der Waals surface area contributed by atoms with Gasteiger partial charge in [-0.25, -0.2) is 4.79 Å². The largest absolute Gasteiger partial charge is 0.454 e. The van der Waals surface area contributed by atoms with Gasteiger partial charge < -0.3 is 4.74 Å². The highest BCUT2D eigenvalue weighted by Crippen LogP contribution is 2.33. The Morgan fingerprint density at radius 1 is 1.05 bits per heavy atom. The first-order valence-electron chi connectivity index (χ1n) is 6.75. The number of carbonyl (C=O) groups excluding carboxylic acids is 1. The number of esters is 1. The van der Waals surface area contributed by atoms with E-state index in [0.717, 1.165) is 16.7 Å². The molecule has 0 amide bonds. The van der Waals surface area contributed by atoms with Gasteiger partial charge in [-0.3, -0.25) is 0 Å². The molecule has 1 unspecified atom stereocenters. The van der Waals surface area contributed by atoms with Crippen LogP contribution in [-0.2, 0) is 9.53 Å². The van der Waals surface area contributed by atoms with Crippen molar-refractivity contribution in [2.45, 2.75) is 19.4 Å². The zero-order chi connectivity index (χ0) is 13.9. The lowest BCUT2D eigenvalue weighted by Gasteiger charge is -2.07. The normalized spacial score (nSPS) is 20.1. The summed E-state index contributed by atoms with van der Waals surface area (Å²) in [5.74, 6) is -0.209. The third kappa shape index (κ3) is 2.64. The number of carbonyl (C=O) groups is 1. The van der Waals surface area contributed by atoms with E-state index in [0.29, 0.717) is 6.42 Å². The van der Waals surface area contributed by atoms with Crippen LogP contribution in [0, 0.1) is 6.92 Å². The standard InChI is InChI=1S/C18H16O2/c1-13-7-9-14(10-8-13)11-16-12-17(20-18(16)19)15-5-3-2-4-6-15/h2-11,17H,12H2,1H3/b16-11-. The second-order valence-electron chi connectivity index (χ2n) is 5.09. The summed E-state index contributed by atoms with van der Waals surface area (Å²) in [6, 6.07) is 18.0. The van der Waals surface area contributed by atoms with Crippen molar-refractivity contribution >= 4 is 12.0 Å². The van der Waals surface area contributed by atoms with E-state index in [1.807, 2.05) is 67.6 Å². The van der Waals surface area contributed by atoms with Crippen LogP contribution in [0.2, 0.25) is 0 Å². The molecule has 2 aromatic carbocycles. The Morgan fingerprint density at radius 3 is 2.45 bits per heavy atom. The van der Waals surface area contributed by atoms with Crippen LogP contribution in [-0.4, -0.2) is 5.97 Å². The molecule has 20 heavy (non-hydrogen) atoms. The molecular formula is C18H16O2. The SMILES string of the molecule is Cc1ccc(/C=C2/CC(c3ccccc3)OC2=O)cc1. The number of hydrogen-bond acceptors (Lipinski definition) is 2. The molecule has 100 valence electrons. The summed E-state index contributed by atoms with van der Waals surface area (Å²) in [4.78, 5) is 11.9. The van der Waals surface area contributed by atoms with Crippen LogP contribution >= 0.6 is 0 Å². The Kier molecular flexibility index (Phi) is 3.38. The van der Waals surface area contributed by atoms with E-state index in [1.54, 1.807) is 0 Å². The number of hydrogen-bond donors (Lipinski definition) is 0. The van der Waals surface area contributed by atoms with Crippen molar-refractivity contribution in [2.24, 2.45) is 0 Å². The van der Waals surface area contributed by atoms with Crippen LogP contribution in [0.4, 0.5) is 0 Å². The van der Waals surface area contributed by atoms with Gasteiger partial charge in [0.05, 0.1) is 0 Å². The van der Waals surface area contributed by atoms with Crippen LogP contribution in [0.1, 0.15) is 29.2 Å². The lowest BCUT2D eigenvalue weighted by atomic mass is 10.0. The first-order chi connectivity index (χ1) is 9.72. The molecule has 0 aromatic heterocycles. The van der Waals surface area contributed by atoms with Crippen molar-refractivity contribution in [3.63, 3.8) is 0 Å². The van der Waals surface area contributed by atoms with Gasteiger partial charge in [-0.15, -0.1) is 0 Å². The van der Waals surface area contributed by atoms with Gasteiger partial charge in [0.25, 0.3) is 0 Å². The molecule has 0 spiro atoms. The fourth-order valence-electron chi connectivity index (χ4n) is 2.36. The van der Waals surface area contributed by atoms with E-state index < -0.39 is 0 Å². The molecule has 1 heterocycles. The van der Waals surface area contributed by atoms with Gasteiger partial charge in [-0.1, -0.05) is 60.2 Å². The summed E-state index contributed by atoms with van der Waals surface area (Å²) in [5, 5.41) is 0. The van der Waals surface area contributed by atoms with E-state index in [1.165, 1.54) is 5.56 Å². The molecule has 0 saturated carbocycles. The van der Waals surface area contributed by atoms with Crippen LogP contribution in [0.5, 0.6) is 0 Å². The van der Waals surface area contributed by atoms with Gasteiger partial charge >= 0.3 is 5.97 Å². The quantitative estimate of drug-likeness (QED) is 0.604. The molecular weight excluding hydrogens is 248 g/mol. The van der Waals surface area contributed by atoms with E-state index in [9.17, 15) is 4.79 Å². The summed E-state index contributed by atoms with van der Waals surface area (Å²) in [6.45, 7) is 2.05. The van der Waals surface area contributed by atoms with E-state index in [4.69, 9.17) is 4.74 Å². The van der Waals surface area contributed by atoms with Crippen LogP contribution in [0.3, 0.4) is 0 Å². The van der Waals surface area contributed by atoms with Gasteiger partial charge in [-0.2, -0.15) is 0 Å². The Hall–Kier alpha value is -2.35. The molecule has 0 N–H and O–H groups in total. The second kappa shape index (κ2) is 5.33. The molecule has 0 aliphatic carbocycles. The van der Waals surface area contributed by atoms with E-state index in [2.05, 4.69) is 0 Å². The molecule has 0 bridgehead atoms. The predicted octanol–water partition coefficient (Wildman–Crippen LogP) is 4.07. The van der Waals surface area contributed by atoms with Gasteiger partial charge in [-0.05, 0) is 24.1 Å². The highest BCUT2D eigenvalue weighted by Gasteiger charge is 2.29. The minimum atomic E-state index is -0.209. The summed E-state index contributed by atoms with van der Waals surface area (Å²) in [7, 11) is 0. The molecule has 0 radical (unpaired) electrons. The highest BCUT2D eigenvalue weighted by molar-refractivity contribution is 5.95. The number of benzene rings is 2. The van der Waals surface area contributed by atoms with Crippen molar-refractivity contribution < 1.29 is 9.53 Å². The van der Waals surface area contributed by atoms with Crippen molar-refractivity contribution in [3.05, 3.63) is 76.9 Å². The van der Waals surface area contributed by atoms with Crippen molar-refractivity contribution in [1.29, 1.82) is 0 Å². The Labute approximate surface area is 118 Å². The Balaban J connectivity index is 1.82. The monoisotopic (exact) mass is 264 g/mol. The third-order valence-electron chi connectivity index (χ3n) is 3.51. The average Bonchev–Trinajstić information content (AvgIpc) is 2.84. The fraction of sp³-hybridized carbons (Fsp3) is 0.167. The number of aryl methyl sites for hydroxylation is 1. The lowest BCUT2D eigenvalue weighted by Crippen LogP contribution is -1.98. The maximum absolute atomic E-state index is 11.9. The number of ether oxygens (including phenoxy) is 1. The van der Waals surface area contributed by atoms with Gasteiger partial charge in [0.15, 0.2) is 0 Å². The molecule has 1 aliphatic heterocycles. The minimum absolute atomic E-state index is 0.152. The second-order valence-corrected chi connectivity index (χ2v) is 5.09. The topological polar surface area (TPSA) is 26.3 Å². The maximum Gasteiger partial charge on any atom is 0.334 e. The molecule has 1 saturated heterocycles. The van der Waals surface area contributed by atoms with Crippen LogP contribution in [0.15, 0.2) is 60.2 Å². The Morgan fingerprint density at radius 2 is 1.75 bits per heavy atom. The Bertz CT molecular complexity index is 639. The average molecular weight is 264 g/mol. The zero-order valence-corrected chi connectivity index (χ0v) is 11.4. The fourth-order valence-corrected chi connectivity index (χ4v) is 2.36. The number of cyclic esters (lactones) is 1. The third-order valence-corrected chi connectivity index (χ3v) is 3.51. The van der Waals surface area contributed by atoms with E-state index in [-0.39, 0.29) is 12.1 Å². The summed E-state index contributed by atoms with van der Waals surface area (Å²) in [5.41, 5.74) is 4.04. The van der Waals surface area contributed by atoms with Gasteiger partial charge in [0, 0.05) is 12.0 Å². The van der Waals surface area contributed by atoms with Gasteiger partial charge in [0.2, 0.25) is 0 Å². The zero-order valence-electron chi connectivity index (χ0n) is 11.4. The molecule has 3 rings (SSSR count). The maximum atomic E-state index is 11.9. The van der Waals surface area contributed by atoms with Crippen molar-refractivity contribution in [2.75, 3.05) is 0 Å². The van der Waals surface area contributed by atoms with Crippen molar-refractivity contribution in [1.82, 2.24) is 0 Å². The summed E-state index contributed by atoms with van der Waals surface area (Å²) < 4.78 is 5.45. The van der Waals surface area contributed by atoms with E-state index >= 15 is 0 Å². The molecule has 2 nitrogen and oxygen atoms in total. The molecule has 2 aromatic rings. The first kappa shape index (κ1) is 12.7. The summed E-state index contributed by atoms with van der Waals surface area (Å²) in [6.07, 6.45) is 2.40. The summed E-state index contributed by atoms with van der Waals surface area (Å²) >= 11 is 0. The minimum Gasteiger partial charge on any atom is -0.454 e. The molecule has 1 atom stereocenters. The molecule has 2 heteroatoms. The first-order valence-corrected chi connectivity index (χ1v) is 6.75. The molecule has 1 aliphatic rings. The highest BCUT2D eigenvalue weighted by atomic mass is 16.5. The lowest BCUT2D eigenvalue weighted by molar-refractivity contribution is -0.139. The van der Waals surface area contributed by atoms with Crippen molar-refractivity contribution in [3.8, 4) is 0 Å². The number of rotatable bonds is 2.